The van der Waals surface area contributed by atoms with E-state index in [0.717, 1.165) is 0 Å². The van der Waals surface area contributed by atoms with Crippen LogP contribution in [0.3, 0.4) is 0 Å². The van der Waals surface area contributed by atoms with Crippen molar-refractivity contribution in [3.8, 4) is 0 Å². The Morgan fingerprint density at radius 3 is 2.83 bits per heavy atom. The van der Waals surface area contributed by atoms with E-state index in [1.807, 2.05) is 6.92 Å². The number of fused-ring (bicyclic) bond motifs is 1. The van der Waals surface area contributed by atoms with Gasteiger partial charge in [0, 0.05) is 6.54 Å². The fraction of sp³-hybridized carbons (Fsp3) is 0.571. The van der Waals surface area contributed by atoms with Crippen molar-refractivity contribution in [2.24, 2.45) is 0 Å². The van der Waals surface area contributed by atoms with Crippen LogP contribution in [0.15, 0.2) is 17.2 Å². The summed E-state index contributed by atoms with van der Waals surface area (Å²) in [6.45, 7) is 3.92. The molecule has 23 heavy (non-hydrogen) atoms. The van der Waals surface area contributed by atoms with Gasteiger partial charge in [-0.25, -0.2) is 12.9 Å². The van der Waals surface area contributed by atoms with Crippen molar-refractivity contribution >= 4 is 32.8 Å². The lowest BCUT2D eigenvalue weighted by atomic mass is 10.2. The summed E-state index contributed by atoms with van der Waals surface area (Å²) in [5.74, 6) is 0.651. The molecule has 2 aromatic heterocycles. The lowest BCUT2D eigenvalue weighted by molar-refractivity contribution is 0.0986. The molecule has 0 bridgehead atoms. The number of morpholine rings is 1. The van der Waals surface area contributed by atoms with Crippen LogP contribution in [0.5, 0.6) is 0 Å². The van der Waals surface area contributed by atoms with E-state index in [4.69, 9.17) is 16.3 Å². The number of hydrogen-bond donors (Lipinski definition) is 0. The maximum absolute atomic E-state index is 12.6. The van der Waals surface area contributed by atoms with Crippen molar-refractivity contribution in [2.45, 2.75) is 36.1 Å². The zero-order valence-electron chi connectivity index (χ0n) is 12.6. The van der Waals surface area contributed by atoms with Gasteiger partial charge in [0.25, 0.3) is 0 Å². The van der Waals surface area contributed by atoms with Gasteiger partial charge in [0.2, 0.25) is 5.28 Å². The minimum atomic E-state index is -3.36. The van der Waals surface area contributed by atoms with Crippen LogP contribution >= 0.6 is 11.6 Å². The van der Waals surface area contributed by atoms with Crippen molar-refractivity contribution in [3.05, 3.63) is 17.4 Å². The second-order valence-corrected chi connectivity index (χ2v) is 8.55. The Hall–Kier alpha value is -1.38. The number of ether oxygens (including phenoxy) is 1. The van der Waals surface area contributed by atoms with Gasteiger partial charge in [-0.3, -0.25) is 0 Å². The van der Waals surface area contributed by atoms with E-state index in [-0.39, 0.29) is 21.6 Å². The van der Waals surface area contributed by atoms with Crippen LogP contribution < -0.4 is 4.90 Å². The summed E-state index contributed by atoms with van der Waals surface area (Å²) in [5, 5.41) is 4.07. The summed E-state index contributed by atoms with van der Waals surface area (Å²) in [7, 11) is -3.36. The van der Waals surface area contributed by atoms with Gasteiger partial charge in [0.15, 0.2) is 20.7 Å². The van der Waals surface area contributed by atoms with Gasteiger partial charge in [0.05, 0.1) is 24.5 Å². The molecule has 4 rings (SSSR count). The molecule has 0 spiro atoms. The summed E-state index contributed by atoms with van der Waals surface area (Å²) in [6, 6.07) is 3.49. The van der Waals surface area contributed by atoms with Crippen molar-refractivity contribution in [1.29, 1.82) is 0 Å². The van der Waals surface area contributed by atoms with Gasteiger partial charge in [-0.1, -0.05) is 0 Å². The van der Waals surface area contributed by atoms with Crippen LogP contribution in [0.4, 0.5) is 5.82 Å². The highest BCUT2D eigenvalue weighted by molar-refractivity contribution is 7.92. The summed E-state index contributed by atoms with van der Waals surface area (Å²) < 4.78 is 32.0. The summed E-state index contributed by atoms with van der Waals surface area (Å²) >= 11 is 6.07. The monoisotopic (exact) mass is 356 g/mol. The van der Waals surface area contributed by atoms with Crippen molar-refractivity contribution in [1.82, 2.24) is 14.6 Å². The molecular weight excluding hydrogens is 340 g/mol. The molecule has 2 aliphatic rings. The predicted octanol–water partition coefficient (Wildman–Crippen LogP) is 1.54. The van der Waals surface area contributed by atoms with Crippen LogP contribution in [0.25, 0.3) is 5.52 Å². The normalized spacial score (nSPS) is 22.7. The van der Waals surface area contributed by atoms with Crippen LogP contribution in [-0.2, 0) is 14.6 Å². The highest BCUT2D eigenvalue weighted by atomic mass is 35.5. The molecule has 2 fully saturated rings. The summed E-state index contributed by atoms with van der Waals surface area (Å²) in [6.07, 6.45) is 1.42. The Labute approximate surface area is 139 Å². The van der Waals surface area contributed by atoms with E-state index in [1.54, 1.807) is 12.1 Å². The molecule has 1 atom stereocenters. The van der Waals surface area contributed by atoms with Crippen LogP contribution in [0.2, 0.25) is 5.28 Å². The van der Waals surface area contributed by atoms with E-state index in [1.165, 1.54) is 4.52 Å². The number of hydrogen-bond acceptors (Lipinski definition) is 6. The maximum atomic E-state index is 12.6. The van der Waals surface area contributed by atoms with E-state index in [0.29, 0.717) is 43.9 Å². The van der Waals surface area contributed by atoms with E-state index in [9.17, 15) is 8.42 Å². The van der Waals surface area contributed by atoms with Crippen molar-refractivity contribution in [3.63, 3.8) is 0 Å². The molecule has 1 saturated heterocycles. The first-order valence-corrected chi connectivity index (χ1v) is 9.54. The number of sulfone groups is 1. The zero-order valence-corrected chi connectivity index (χ0v) is 14.2. The minimum absolute atomic E-state index is 0.0367. The molecule has 0 amide bonds. The van der Waals surface area contributed by atoms with Crippen LogP contribution in [0.1, 0.15) is 19.8 Å². The second-order valence-electron chi connectivity index (χ2n) is 6.03. The Bertz CT molecular complexity index is 862. The van der Waals surface area contributed by atoms with E-state index < -0.39 is 9.84 Å². The SMILES string of the molecule is CC1COCCN1c1nc(Cl)nn2c(S(=O)(=O)C3CC3)ccc12. The zero-order chi connectivity index (χ0) is 16.2. The minimum Gasteiger partial charge on any atom is -0.377 e. The molecule has 1 aliphatic heterocycles. The van der Waals surface area contributed by atoms with Gasteiger partial charge in [-0.05, 0) is 43.5 Å². The molecule has 9 heteroatoms. The van der Waals surface area contributed by atoms with Crippen molar-refractivity contribution in [2.75, 3.05) is 24.7 Å². The lowest BCUT2D eigenvalue weighted by Gasteiger charge is -2.34. The predicted molar refractivity (Wildman–Crippen MR) is 85.8 cm³/mol. The molecule has 1 aliphatic carbocycles. The second kappa shape index (κ2) is 5.32. The Morgan fingerprint density at radius 1 is 1.35 bits per heavy atom. The molecule has 0 radical (unpaired) electrons. The first kappa shape index (κ1) is 15.2. The molecule has 124 valence electrons. The number of nitrogens with zero attached hydrogens (tertiary/aromatic N) is 4. The topological polar surface area (TPSA) is 76.8 Å². The highest BCUT2D eigenvalue weighted by Crippen LogP contribution is 2.35. The quantitative estimate of drug-likeness (QED) is 0.830. The van der Waals surface area contributed by atoms with E-state index >= 15 is 0 Å². The summed E-state index contributed by atoms with van der Waals surface area (Å²) in [4.78, 5) is 6.42. The number of halogens is 1. The summed E-state index contributed by atoms with van der Waals surface area (Å²) in [5.41, 5.74) is 0.655. The van der Waals surface area contributed by atoms with Gasteiger partial charge in [-0.15, -0.1) is 5.10 Å². The molecular formula is C14H17ClN4O3S. The maximum Gasteiger partial charge on any atom is 0.243 e. The Morgan fingerprint density at radius 2 is 2.13 bits per heavy atom. The van der Waals surface area contributed by atoms with Gasteiger partial charge >= 0.3 is 0 Å². The highest BCUT2D eigenvalue weighted by Gasteiger charge is 2.39. The molecule has 2 aromatic rings. The molecule has 1 saturated carbocycles. The fourth-order valence-electron chi connectivity index (χ4n) is 2.95. The van der Waals surface area contributed by atoms with Crippen LogP contribution in [0, 0.1) is 0 Å². The molecule has 0 N–H and O–H groups in total. The third-order valence-corrected chi connectivity index (χ3v) is 6.73. The number of aromatic nitrogens is 3. The van der Waals surface area contributed by atoms with Crippen molar-refractivity contribution < 1.29 is 13.2 Å². The molecule has 0 aromatic carbocycles. The molecule has 3 heterocycles. The number of rotatable bonds is 3. The first-order chi connectivity index (χ1) is 11.0. The van der Waals surface area contributed by atoms with E-state index in [2.05, 4.69) is 15.0 Å². The first-order valence-electron chi connectivity index (χ1n) is 7.62. The average molecular weight is 357 g/mol. The number of anilines is 1. The Kier molecular flexibility index (Phi) is 3.51. The van der Waals surface area contributed by atoms with Crippen LogP contribution in [-0.4, -0.2) is 54.1 Å². The lowest BCUT2D eigenvalue weighted by Crippen LogP contribution is -2.44. The molecule has 7 nitrogen and oxygen atoms in total. The van der Waals surface area contributed by atoms with Gasteiger partial charge in [0.1, 0.15) is 5.52 Å². The largest absolute Gasteiger partial charge is 0.377 e. The Balaban J connectivity index is 1.88. The standard InChI is InChI=1S/C14H17ClN4O3S/c1-9-8-22-7-6-18(9)13-11-4-5-12(19(11)17-14(15)16-13)23(20,21)10-2-3-10/h4-5,9-10H,2-3,6-8H2,1H3. The van der Waals surface area contributed by atoms with Gasteiger partial charge < -0.3 is 9.64 Å². The smallest absolute Gasteiger partial charge is 0.243 e. The van der Waals surface area contributed by atoms with Gasteiger partial charge in [-0.2, -0.15) is 4.98 Å². The third-order valence-electron chi connectivity index (χ3n) is 4.32. The fourth-order valence-corrected chi connectivity index (χ4v) is 4.84. The molecule has 1 unspecified atom stereocenters. The average Bonchev–Trinajstić information content (AvgIpc) is 3.28. The third kappa shape index (κ3) is 2.49.